The second-order valence-corrected chi connectivity index (χ2v) is 9.63. The second kappa shape index (κ2) is 12.4. The molecule has 1 aliphatic heterocycles. The average Bonchev–Trinajstić information content (AvgIpc) is 2.60. The Morgan fingerprint density at radius 3 is 2.10 bits per heavy atom. The summed E-state index contributed by atoms with van der Waals surface area (Å²) in [7, 11) is -3.30. The third kappa shape index (κ3) is 10.4. The van der Waals surface area contributed by atoms with Crippen LogP contribution in [0.25, 0.3) is 0 Å². The summed E-state index contributed by atoms with van der Waals surface area (Å²) in [6.07, 6.45) is -3.21. The van der Waals surface area contributed by atoms with Crippen molar-refractivity contribution in [2.24, 2.45) is 11.3 Å². The summed E-state index contributed by atoms with van der Waals surface area (Å²) in [4.78, 5) is 2.33. The van der Waals surface area contributed by atoms with E-state index < -0.39 is 27.3 Å². The molecule has 0 N–H and O–H groups in total. The molecule has 0 radical (unpaired) electrons. The zero-order valence-corrected chi connectivity index (χ0v) is 19.5. The van der Waals surface area contributed by atoms with Crippen molar-refractivity contribution >= 4 is 17.7 Å². The second-order valence-electron chi connectivity index (χ2n) is 7.64. The third-order valence-electron chi connectivity index (χ3n) is 4.84. The largest absolute Gasteiger partial charge is 1.00 e. The molecule has 0 aromatic heterocycles. The fourth-order valence-corrected chi connectivity index (χ4v) is 5.15. The van der Waals surface area contributed by atoms with E-state index >= 15 is 0 Å². The van der Waals surface area contributed by atoms with Gasteiger partial charge in [-0.3, -0.25) is 5.26 Å². The summed E-state index contributed by atoms with van der Waals surface area (Å²) in [5, 5.41) is 7.43. The molecule has 1 aromatic carbocycles. The van der Waals surface area contributed by atoms with Crippen LogP contribution in [0, 0.1) is 22.6 Å². The summed E-state index contributed by atoms with van der Waals surface area (Å²) < 4.78 is 63.1. The first-order valence-corrected chi connectivity index (χ1v) is 10.4. The zero-order chi connectivity index (χ0) is 21.4. The van der Waals surface area contributed by atoms with Crippen LogP contribution in [0.1, 0.15) is 33.1 Å². The smallest absolute Gasteiger partial charge is 0.303 e. The maximum Gasteiger partial charge on any atom is 1.00 e. The van der Waals surface area contributed by atoms with Crippen LogP contribution in [-0.4, -0.2) is 52.7 Å². The molecule has 1 aliphatic rings. The molecule has 1 fully saturated rings. The Labute approximate surface area is 195 Å². The molecule has 0 amide bonds. The molecule has 0 unspecified atom stereocenters. The van der Waals surface area contributed by atoms with E-state index in [0.29, 0.717) is 31.0 Å². The first-order chi connectivity index (χ1) is 12.9. The van der Waals surface area contributed by atoms with Gasteiger partial charge in [0.2, 0.25) is 0 Å². The maximum absolute atomic E-state index is 12.7. The van der Waals surface area contributed by atoms with Crippen molar-refractivity contribution in [1.29, 1.82) is 5.26 Å². The van der Waals surface area contributed by atoms with Gasteiger partial charge in [0.15, 0.2) is 9.84 Å². The van der Waals surface area contributed by atoms with Gasteiger partial charge in [-0.1, -0.05) is 32.0 Å². The molecule has 29 heavy (non-hydrogen) atoms. The van der Waals surface area contributed by atoms with E-state index in [1.165, 1.54) is 0 Å². The fraction of sp³-hybridized carbons (Fsp3) is 0.632. The number of nitrogens with zero attached hydrogens (tertiary/aromatic N) is 2. The minimum atomic E-state index is -4.10. The summed E-state index contributed by atoms with van der Waals surface area (Å²) in [6, 6.07) is 8.35. The van der Waals surface area contributed by atoms with Gasteiger partial charge in [0, 0.05) is 0 Å². The van der Waals surface area contributed by atoms with Gasteiger partial charge in [-0.05, 0) is 56.4 Å². The summed E-state index contributed by atoms with van der Waals surface area (Å²) in [5.74, 6) is 0.832. The standard InChI is InChI=1S/C18H26F3NO2S.CH3BN.Na/c1-17(2,14-25(23,24)16-6-4-3-5-7-16)10-13-22-11-8-15(9-12-22)18(19,20)21;2-1-3;/h3-7,15H,8-14H2,1-2H3;2H3;/q;-1;+1. The molecule has 0 atom stereocenters. The van der Waals surface area contributed by atoms with Crippen molar-refractivity contribution in [2.75, 3.05) is 25.4 Å². The number of sulfone groups is 1. The van der Waals surface area contributed by atoms with E-state index in [-0.39, 0.29) is 56.0 Å². The molecule has 0 aliphatic carbocycles. The molecule has 2 rings (SSSR count). The van der Waals surface area contributed by atoms with Crippen LogP contribution in [0.2, 0.25) is 0 Å². The Kier molecular flexibility index (Phi) is 12.1. The fourth-order valence-electron chi connectivity index (χ4n) is 3.24. The Hall–Kier alpha value is -0.525. The molecular weight excluding hydrogens is 411 g/mol. The number of alkyl halides is 3. The first kappa shape index (κ1) is 28.5. The number of hydrogen-bond donors (Lipinski definition) is 0. The van der Waals surface area contributed by atoms with E-state index in [9.17, 15) is 21.6 Å². The first-order valence-electron chi connectivity index (χ1n) is 8.79. The molecule has 10 heteroatoms. The van der Waals surface area contributed by atoms with Crippen molar-refractivity contribution < 1.29 is 51.1 Å². The van der Waals surface area contributed by atoms with Gasteiger partial charge in [-0.2, -0.15) is 19.1 Å². The van der Waals surface area contributed by atoms with Gasteiger partial charge >= 0.3 is 35.7 Å². The van der Waals surface area contributed by atoms with Gasteiger partial charge in [0.25, 0.3) is 0 Å². The van der Waals surface area contributed by atoms with Gasteiger partial charge in [-0.25, -0.2) is 8.42 Å². The predicted molar refractivity (Wildman–Crippen MR) is 108 cm³/mol. The molecule has 0 bridgehead atoms. The topological polar surface area (TPSA) is 61.2 Å². The van der Waals surface area contributed by atoms with Crippen LogP contribution >= 0.6 is 0 Å². The Morgan fingerprint density at radius 1 is 1.17 bits per heavy atom. The van der Waals surface area contributed by atoms with E-state index in [4.69, 9.17) is 5.26 Å². The van der Waals surface area contributed by atoms with Gasteiger partial charge in [0.05, 0.1) is 24.4 Å². The molecule has 1 aromatic rings. The van der Waals surface area contributed by atoms with E-state index in [0.717, 1.165) is 0 Å². The maximum atomic E-state index is 12.7. The predicted octanol–water partition coefficient (Wildman–Crippen LogP) is -0.0122. The van der Waals surface area contributed by atoms with Crippen LogP contribution in [0.15, 0.2) is 35.2 Å². The van der Waals surface area contributed by atoms with Crippen molar-refractivity contribution in [3.8, 4) is 5.97 Å². The molecule has 1 heterocycles. The van der Waals surface area contributed by atoms with E-state index in [2.05, 4.69) is 0 Å². The molecule has 158 valence electrons. The summed E-state index contributed by atoms with van der Waals surface area (Å²) in [6.45, 7) is 5.27. The third-order valence-corrected chi connectivity index (χ3v) is 6.99. The van der Waals surface area contributed by atoms with Crippen molar-refractivity contribution in [3.63, 3.8) is 0 Å². The number of benzene rings is 1. The average molecular weight is 440 g/mol. The quantitative estimate of drug-likeness (QED) is 0.584. The minimum absolute atomic E-state index is 0. The summed E-state index contributed by atoms with van der Waals surface area (Å²) >= 11 is 0. The zero-order valence-electron chi connectivity index (χ0n) is 16.7. The molecule has 1 saturated heterocycles. The normalized spacial score (nSPS) is 16.2. The summed E-state index contributed by atoms with van der Waals surface area (Å²) in [5.41, 5.74) is -0.435. The van der Waals surface area contributed by atoms with Crippen LogP contribution in [0.3, 0.4) is 0 Å². The van der Waals surface area contributed by atoms with E-state index in [1.807, 2.05) is 24.7 Å². The van der Waals surface area contributed by atoms with E-state index in [1.54, 1.807) is 30.3 Å². The van der Waals surface area contributed by atoms with Crippen molar-refractivity contribution in [1.82, 2.24) is 4.90 Å². The van der Waals surface area contributed by atoms with Crippen molar-refractivity contribution in [3.05, 3.63) is 30.3 Å². The number of hydrogen-bond acceptors (Lipinski definition) is 4. The van der Waals surface area contributed by atoms with Crippen LogP contribution in [0.5, 0.6) is 0 Å². The Morgan fingerprint density at radius 2 is 1.66 bits per heavy atom. The molecule has 4 nitrogen and oxygen atoms in total. The molecular formula is C19H29BF3N2NaO2S. The monoisotopic (exact) mass is 440 g/mol. The Bertz CT molecular complexity index is 745. The Balaban J connectivity index is 0.00000184. The number of nitriles is 1. The van der Waals surface area contributed by atoms with Crippen LogP contribution < -0.4 is 29.6 Å². The number of rotatable bonds is 6. The van der Waals surface area contributed by atoms with Gasteiger partial charge < -0.3 is 4.90 Å². The molecule has 0 spiro atoms. The SMILES string of the molecule is CC(C)(CCN1CCC(C(F)(F)F)CC1)CS(=O)(=O)c1ccccc1.[BH3-]C#N.[Na+]. The van der Waals surface area contributed by atoms with Crippen molar-refractivity contribution in [2.45, 2.75) is 44.2 Å². The van der Waals surface area contributed by atoms with Crippen LogP contribution in [-0.2, 0) is 9.84 Å². The number of likely N-dealkylation sites (tertiary alicyclic amines) is 1. The minimum Gasteiger partial charge on any atom is -0.303 e. The van der Waals surface area contributed by atoms with Gasteiger partial charge in [-0.15, -0.1) is 0 Å². The molecule has 0 saturated carbocycles. The van der Waals surface area contributed by atoms with Gasteiger partial charge in [0.1, 0.15) is 0 Å². The number of halogens is 3. The van der Waals surface area contributed by atoms with Crippen LogP contribution in [0.4, 0.5) is 13.2 Å². The number of piperidine rings is 1.